The fraction of sp³-hybridized carbons (Fsp3) is 0.292. The molecule has 1 aromatic heterocycles. The number of urea groups is 1. The predicted molar refractivity (Wildman–Crippen MR) is 124 cm³/mol. The molecule has 10 heteroatoms. The summed E-state index contributed by atoms with van der Waals surface area (Å²) in [5.74, 6) is 1.13. The first-order chi connectivity index (χ1) is 16.5. The number of aromatic amines is 1. The number of ether oxygens (including phenoxy) is 4. The maximum absolute atomic E-state index is 13.6. The van der Waals surface area contributed by atoms with Gasteiger partial charge < -0.3 is 34.1 Å². The molecule has 2 heterocycles. The van der Waals surface area contributed by atoms with Gasteiger partial charge in [0.2, 0.25) is 0 Å². The second-order valence-electron chi connectivity index (χ2n) is 7.56. The van der Waals surface area contributed by atoms with Crippen LogP contribution >= 0.6 is 0 Å². The van der Waals surface area contributed by atoms with Gasteiger partial charge >= 0.3 is 12.0 Å². The van der Waals surface area contributed by atoms with Gasteiger partial charge in [0, 0.05) is 24.2 Å². The molecule has 10 nitrogen and oxygen atoms in total. The minimum atomic E-state index is -0.533. The van der Waals surface area contributed by atoms with E-state index in [0.717, 1.165) is 17.0 Å². The number of carbonyl (C=O) groups is 2. The Kier molecular flexibility index (Phi) is 6.58. The first kappa shape index (κ1) is 23.0. The maximum Gasteiger partial charge on any atom is 0.337 e. The summed E-state index contributed by atoms with van der Waals surface area (Å²) in [7, 11) is 5.94. The molecule has 3 aromatic rings. The zero-order valence-electron chi connectivity index (χ0n) is 19.4. The molecule has 0 saturated heterocycles. The molecule has 1 aliphatic rings. The summed E-state index contributed by atoms with van der Waals surface area (Å²) in [4.78, 5) is 34.9. The van der Waals surface area contributed by atoms with Gasteiger partial charge in [-0.05, 0) is 36.4 Å². The number of rotatable bonds is 6. The maximum atomic E-state index is 13.6. The van der Waals surface area contributed by atoms with Gasteiger partial charge in [0.25, 0.3) is 0 Å². The molecule has 0 radical (unpaired) electrons. The molecular formula is C24H26N4O6. The SMILES string of the molecule is COC(=O)c1ccc(OC)c(NC(=O)N2CCc3[nH]cnc3C2c2cc(OC)ccc2OC)c1. The van der Waals surface area contributed by atoms with Crippen molar-refractivity contribution in [3.63, 3.8) is 0 Å². The van der Waals surface area contributed by atoms with Crippen LogP contribution in [-0.2, 0) is 11.2 Å². The van der Waals surface area contributed by atoms with Crippen molar-refractivity contribution in [3.05, 3.63) is 65.2 Å². The fourth-order valence-corrected chi connectivity index (χ4v) is 4.10. The first-order valence-corrected chi connectivity index (χ1v) is 10.6. The Morgan fingerprint density at radius 2 is 1.79 bits per heavy atom. The van der Waals surface area contributed by atoms with Crippen LogP contribution in [0, 0.1) is 0 Å². The van der Waals surface area contributed by atoms with Crippen molar-refractivity contribution in [2.75, 3.05) is 40.3 Å². The number of hydrogen-bond donors (Lipinski definition) is 2. The Morgan fingerprint density at radius 3 is 2.50 bits per heavy atom. The molecule has 0 spiro atoms. The summed E-state index contributed by atoms with van der Waals surface area (Å²) in [6.45, 7) is 0.422. The molecule has 34 heavy (non-hydrogen) atoms. The van der Waals surface area contributed by atoms with Crippen LogP contribution in [0.25, 0.3) is 0 Å². The van der Waals surface area contributed by atoms with Crippen LogP contribution in [-0.4, -0.2) is 61.9 Å². The van der Waals surface area contributed by atoms with Crippen LogP contribution in [0.5, 0.6) is 17.2 Å². The number of esters is 1. The van der Waals surface area contributed by atoms with Crippen molar-refractivity contribution in [2.24, 2.45) is 0 Å². The van der Waals surface area contributed by atoms with E-state index in [4.69, 9.17) is 18.9 Å². The lowest BCUT2D eigenvalue weighted by atomic mass is 9.95. The number of methoxy groups -OCH3 is 4. The lowest BCUT2D eigenvalue weighted by Crippen LogP contribution is -2.43. The minimum Gasteiger partial charge on any atom is -0.497 e. The third-order valence-corrected chi connectivity index (χ3v) is 5.78. The molecule has 0 fully saturated rings. The van der Waals surface area contributed by atoms with E-state index < -0.39 is 12.0 Å². The number of hydrogen-bond acceptors (Lipinski definition) is 7. The third-order valence-electron chi connectivity index (χ3n) is 5.78. The number of nitrogens with one attached hydrogen (secondary N) is 2. The van der Waals surface area contributed by atoms with Gasteiger partial charge in [-0.2, -0.15) is 0 Å². The number of imidazole rings is 1. The van der Waals surface area contributed by atoms with Crippen LogP contribution in [0.3, 0.4) is 0 Å². The lowest BCUT2D eigenvalue weighted by Gasteiger charge is -2.36. The van der Waals surface area contributed by atoms with Crippen molar-refractivity contribution in [1.82, 2.24) is 14.9 Å². The predicted octanol–water partition coefficient (Wildman–Crippen LogP) is 3.40. The van der Waals surface area contributed by atoms with Gasteiger partial charge in [0.1, 0.15) is 23.3 Å². The summed E-state index contributed by atoms with van der Waals surface area (Å²) in [6.07, 6.45) is 2.22. The van der Waals surface area contributed by atoms with Crippen molar-refractivity contribution in [1.29, 1.82) is 0 Å². The quantitative estimate of drug-likeness (QED) is 0.535. The summed E-state index contributed by atoms with van der Waals surface area (Å²) >= 11 is 0. The van der Waals surface area contributed by atoms with Crippen LogP contribution in [0.4, 0.5) is 10.5 Å². The molecule has 0 saturated carbocycles. The summed E-state index contributed by atoms with van der Waals surface area (Å²) in [5.41, 5.74) is 3.05. The van der Waals surface area contributed by atoms with E-state index in [9.17, 15) is 9.59 Å². The number of anilines is 1. The van der Waals surface area contributed by atoms with Crippen LogP contribution in [0.15, 0.2) is 42.7 Å². The Hall–Kier alpha value is -4.21. The fourth-order valence-electron chi connectivity index (χ4n) is 4.10. The lowest BCUT2D eigenvalue weighted by molar-refractivity contribution is 0.0600. The zero-order valence-corrected chi connectivity index (χ0v) is 19.4. The highest BCUT2D eigenvalue weighted by atomic mass is 16.5. The Labute approximate surface area is 196 Å². The Morgan fingerprint density at radius 1 is 1.03 bits per heavy atom. The zero-order chi connectivity index (χ0) is 24.2. The molecule has 0 aliphatic carbocycles. The van der Waals surface area contributed by atoms with E-state index in [0.29, 0.717) is 35.9 Å². The van der Waals surface area contributed by atoms with E-state index in [1.165, 1.54) is 20.3 Å². The van der Waals surface area contributed by atoms with E-state index in [1.807, 2.05) is 6.07 Å². The summed E-state index contributed by atoms with van der Waals surface area (Å²) in [5, 5.41) is 2.88. The summed E-state index contributed by atoms with van der Waals surface area (Å²) in [6, 6.07) is 9.21. The van der Waals surface area contributed by atoms with Crippen LogP contribution in [0.1, 0.15) is 33.4 Å². The number of amides is 2. The average Bonchev–Trinajstić information content (AvgIpc) is 3.36. The second kappa shape index (κ2) is 9.74. The van der Waals surface area contributed by atoms with E-state index in [-0.39, 0.29) is 11.6 Å². The van der Waals surface area contributed by atoms with Gasteiger partial charge in [0.05, 0.1) is 51.7 Å². The number of carbonyl (C=O) groups excluding carboxylic acids is 2. The van der Waals surface area contributed by atoms with E-state index in [1.54, 1.807) is 49.7 Å². The number of nitrogens with zero attached hydrogens (tertiary/aromatic N) is 2. The number of benzene rings is 2. The van der Waals surface area contributed by atoms with Crippen molar-refractivity contribution < 1.29 is 28.5 Å². The molecule has 178 valence electrons. The van der Waals surface area contributed by atoms with Crippen molar-refractivity contribution >= 4 is 17.7 Å². The molecular weight excluding hydrogens is 440 g/mol. The summed E-state index contributed by atoms with van der Waals surface area (Å²) < 4.78 is 21.2. The molecule has 2 aromatic carbocycles. The molecule has 2 N–H and O–H groups in total. The third kappa shape index (κ3) is 4.21. The number of fused-ring (bicyclic) bond motifs is 1. The van der Waals surface area contributed by atoms with Gasteiger partial charge in [-0.25, -0.2) is 14.6 Å². The molecule has 2 amide bonds. The standard InChI is InChI=1S/C24H26N4O6/c1-31-15-6-8-19(32-2)16(12-15)22-21-17(25-13-26-21)9-10-28(22)24(30)27-18-11-14(23(29)34-4)5-7-20(18)33-3/h5-8,11-13,22H,9-10H2,1-4H3,(H,25,26)(H,27,30). The highest BCUT2D eigenvalue weighted by Crippen LogP contribution is 2.40. The normalized spacial score (nSPS) is 14.7. The molecule has 4 rings (SSSR count). The van der Waals surface area contributed by atoms with Crippen molar-refractivity contribution in [2.45, 2.75) is 12.5 Å². The largest absolute Gasteiger partial charge is 0.497 e. The molecule has 0 bridgehead atoms. The van der Waals surface area contributed by atoms with Gasteiger partial charge in [-0.1, -0.05) is 0 Å². The number of H-pyrrole nitrogens is 1. The van der Waals surface area contributed by atoms with Crippen LogP contribution in [0.2, 0.25) is 0 Å². The topological polar surface area (TPSA) is 115 Å². The van der Waals surface area contributed by atoms with Gasteiger partial charge in [-0.15, -0.1) is 0 Å². The first-order valence-electron chi connectivity index (χ1n) is 10.6. The number of aromatic nitrogens is 2. The van der Waals surface area contributed by atoms with Crippen LogP contribution < -0.4 is 19.5 Å². The van der Waals surface area contributed by atoms with Gasteiger partial charge in [0.15, 0.2) is 0 Å². The Balaban J connectivity index is 1.74. The highest BCUT2D eigenvalue weighted by Gasteiger charge is 2.36. The minimum absolute atomic E-state index is 0.290. The highest BCUT2D eigenvalue weighted by molar-refractivity contribution is 5.96. The molecule has 1 atom stereocenters. The molecule has 1 unspecified atom stereocenters. The molecule has 1 aliphatic heterocycles. The van der Waals surface area contributed by atoms with Gasteiger partial charge in [-0.3, -0.25) is 0 Å². The smallest absolute Gasteiger partial charge is 0.337 e. The Bertz CT molecular complexity index is 1210. The van der Waals surface area contributed by atoms with Crippen molar-refractivity contribution in [3.8, 4) is 17.2 Å². The average molecular weight is 466 g/mol. The second-order valence-corrected chi connectivity index (χ2v) is 7.56. The van der Waals surface area contributed by atoms with E-state index >= 15 is 0 Å². The monoisotopic (exact) mass is 466 g/mol. The van der Waals surface area contributed by atoms with E-state index in [2.05, 4.69) is 15.3 Å².